The van der Waals surface area contributed by atoms with Crippen LogP contribution < -0.4 is 14.9 Å². The van der Waals surface area contributed by atoms with Crippen LogP contribution in [0.5, 0.6) is 5.88 Å². The van der Waals surface area contributed by atoms with E-state index in [1.165, 1.54) is 0 Å². The number of rotatable bonds is 5. The number of thiazole rings is 1. The van der Waals surface area contributed by atoms with E-state index in [0.29, 0.717) is 17.0 Å². The van der Waals surface area contributed by atoms with E-state index in [1.54, 1.807) is 36.7 Å². The van der Waals surface area contributed by atoms with Crippen LogP contribution in [0.2, 0.25) is 0 Å². The van der Waals surface area contributed by atoms with Gasteiger partial charge in [0.25, 0.3) is 11.7 Å². The summed E-state index contributed by atoms with van der Waals surface area (Å²) in [5, 5.41) is 1.01. The molecule has 2 aromatic rings. The third kappa shape index (κ3) is 2.94. The van der Waals surface area contributed by atoms with Gasteiger partial charge in [-0.2, -0.15) is 4.57 Å². The Balaban J connectivity index is 2.34. The molecule has 1 aliphatic rings. The largest absolute Gasteiger partial charge is 0.465 e. The van der Waals surface area contributed by atoms with E-state index in [2.05, 4.69) is 18.1 Å². The van der Waals surface area contributed by atoms with Gasteiger partial charge in [0.15, 0.2) is 5.56 Å². The van der Waals surface area contributed by atoms with E-state index in [1.807, 2.05) is 29.3 Å². The van der Waals surface area contributed by atoms with Crippen LogP contribution in [-0.2, 0) is 13.5 Å². The molecule has 1 unspecified atom stereocenters. The van der Waals surface area contributed by atoms with Gasteiger partial charge in [0.1, 0.15) is 6.04 Å². The highest BCUT2D eigenvalue weighted by molar-refractivity contribution is 7.11. The van der Waals surface area contributed by atoms with Gasteiger partial charge in [0.05, 0.1) is 24.0 Å². The number of aryl methyl sites for hydroxylation is 1. The fourth-order valence-corrected chi connectivity index (χ4v) is 4.55. The van der Waals surface area contributed by atoms with Crippen molar-refractivity contribution >= 4 is 16.9 Å². The Kier molecular flexibility index (Phi) is 5.23. The Morgan fingerprint density at radius 2 is 2.27 bits per heavy atom. The number of aromatic nitrogens is 3. The van der Waals surface area contributed by atoms with Crippen molar-refractivity contribution in [3.8, 4) is 5.88 Å². The molecule has 2 aromatic heterocycles. The predicted molar refractivity (Wildman–Crippen MR) is 105 cm³/mol. The van der Waals surface area contributed by atoms with Crippen LogP contribution in [0.1, 0.15) is 40.2 Å². The fraction of sp³-hybridized carbons (Fsp3) is 0.350. The Morgan fingerprint density at radius 3 is 2.85 bits per heavy atom. The molecule has 5 nitrogen and oxygen atoms in total. The molecule has 136 valence electrons. The molecule has 0 bridgehead atoms. The molecule has 0 saturated carbocycles. The molecule has 1 atom stereocenters. The van der Waals surface area contributed by atoms with Crippen LogP contribution in [0, 0.1) is 6.92 Å². The van der Waals surface area contributed by atoms with Crippen molar-refractivity contribution in [3.63, 3.8) is 0 Å². The molecule has 0 aromatic carbocycles. The summed E-state index contributed by atoms with van der Waals surface area (Å²) in [6.07, 6.45) is 9.79. The number of fused-ring (bicyclic) bond motifs is 1. The number of nitrogens with zero attached hydrogens (tertiary/aromatic N) is 3. The lowest BCUT2D eigenvalue weighted by atomic mass is 10.0. The average Bonchev–Trinajstić information content (AvgIpc) is 3.08. The summed E-state index contributed by atoms with van der Waals surface area (Å²) in [4.78, 5) is 19.0. The van der Waals surface area contributed by atoms with Crippen LogP contribution in [-0.4, -0.2) is 16.7 Å². The number of hydrogen-bond donors (Lipinski definition) is 0. The van der Waals surface area contributed by atoms with Gasteiger partial charge >= 0.3 is 5.56 Å². The van der Waals surface area contributed by atoms with Gasteiger partial charge < -0.3 is 4.74 Å². The van der Waals surface area contributed by atoms with Crippen molar-refractivity contribution in [2.45, 2.75) is 32.2 Å². The van der Waals surface area contributed by atoms with Gasteiger partial charge in [-0.3, -0.25) is 0 Å². The van der Waals surface area contributed by atoms with Crippen LogP contribution in [0.25, 0.3) is 5.57 Å². The molecule has 0 amide bonds. The zero-order chi connectivity index (χ0) is 18.8. The van der Waals surface area contributed by atoms with Gasteiger partial charge in [-0.15, -0.1) is 11.3 Å². The minimum atomic E-state index is -0.0568. The second-order valence-corrected chi connectivity index (χ2v) is 7.55. The number of methoxy groups -OCH3 is 1. The number of allylic oxidation sites excluding steroid dienone is 4. The van der Waals surface area contributed by atoms with Gasteiger partial charge in [0.2, 0.25) is 0 Å². The monoisotopic (exact) mass is 370 g/mol. The van der Waals surface area contributed by atoms with Gasteiger partial charge in [-0.25, -0.2) is 14.3 Å². The lowest BCUT2D eigenvalue weighted by molar-refractivity contribution is -0.690. The van der Waals surface area contributed by atoms with Crippen molar-refractivity contribution in [2.24, 2.45) is 7.05 Å². The summed E-state index contributed by atoms with van der Waals surface area (Å²) in [5.74, 6) is 1.52. The highest BCUT2D eigenvalue weighted by Gasteiger charge is 2.36. The third-order valence-electron chi connectivity index (χ3n) is 4.77. The van der Waals surface area contributed by atoms with Crippen molar-refractivity contribution in [1.82, 2.24) is 9.55 Å². The van der Waals surface area contributed by atoms with Crippen LogP contribution in [0.15, 0.2) is 42.4 Å². The first-order valence-corrected chi connectivity index (χ1v) is 9.44. The fourth-order valence-electron chi connectivity index (χ4n) is 3.64. The molecule has 3 heterocycles. The van der Waals surface area contributed by atoms with Gasteiger partial charge in [-0.05, 0) is 25.3 Å². The van der Waals surface area contributed by atoms with E-state index in [-0.39, 0.29) is 11.6 Å². The Bertz CT molecular complexity index is 953. The average molecular weight is 370 g/mol. The smallest absolute Gasteiger partial charge is 0.349 e. The minimum Gasteiger partial charge on any atom is -0.465 e. The minimum absolute atomic E-state index is 0.00287. The van der Waals surface area contributed by atoms with E-state index >= 15 is 0 Å². The molecule has 0 radical (unpaired) electrons. The standard InChI is InChI=1S/C20H24N3O2S/c1-6-9-14(7-2)18-19(24)23-15(16-12-21-13(3)26-16)10-8-11-17(23)22(4)20(18)25-5/h6-7,9,12,15H,1-2,8,10-11H2,3-5H3/q+1/b14-9+. The lowest BCUT2D eigenvalue weighted by Crippen LogP contribution is -2.48. The normalized spacial score (nSPS) is 16.9. The first-order chi connectivity index (χ1) is 12.5. The third-order valence-corrected chi connectivity index (χ3v) is 5.79. The molecule has 0 saturated heterocycles. The molecule has 0 fully saturated rings. The Labute approximate surface area is 157 Å². The highest BCUT2D eigenvalue weighted by atomic mass is 32.1. The van der Waals surface area contributed by atoms with Crippen LogP contribution in [0.3, 0.4) is 0 Å². The second-order valence-electron chi connectivity index (χ2n) is 6.29. The summed E-state index contributed by atoms with van der Waals surface area (Å²) < 4.78 is 9.51. The zero-order valence-corrected chi connectivity index (χ0v) is 16.3. The van der Waals surface area contributed by atoms with Crippen LogP contribution >= 0.6 is 11.3 Å². The number of hydrogen-bond acceptors (Lipinski definition) is 4. The van der Waals surface area contributed by atoms with Gasteiger partial charge in [0, 0.05) is 12.6 Å². The SMILES string of the molecule is C=C/C=C(\C=C)c1c(OC)[n+](C)c2n(c1=O)C(c1cnc(C)s1)CCC2. The van der Waals surface area contributed by atoms with Gasteiger partial charge in [-0.1, -0.05) is 31.4 Å². The highest BCUT2D eigenvalue weighted by Crippen LogP contribution is 2.33. The van der Waals surface area contributed by atoms with Crippen molar-refractivity contribution < 1.29 is 9.30 Å². The maximum Gasteiger partial charge on any atom is 0.349 e. The lowest BCUT2D eigenvalue weighted by Gasteiger charge is -2.24. The summed E-state index contributed by atoms with van der Waals surface area (Å²) in [5.41, 5.74) is 1.16. The van der Waals surface area contributed by atoms with E-state index in [9.17, 15) is 4.79 Å². The summed E-state index contributed by atoms with van der Waals surface area (Å²) >= 11 is 1.65. The van der Waals surface area contributed by atoms with Crippen molar-refractivity contribution in [2.75, 3.05) is 7.11 Å². The maximum absolute atomic E-state index is 13.5. The van der Waals surface area contributed by atoms with Crippen molar-refractivity contribution in [3.05, 3.63) is 69.2 Å². The van der Waals surface area contributed by atoms with Crippen molar-refractivity contribution in [1.29, 1.82) is 0 Å². The summed E-state index contributed by atoms with van der Waals surface area (Å²) in [6, 6.07) is 0.00287. The molecule has 0 N–H and O–H groups in total. The first-order valence-electron chi connectivity index (χ1n) is 8.62. The molecule has 0 aliphatic carbocycles. The Morgan fingerprint density at radius 1 is 1.50 bits per heavy atom. The first kappa shape index (κ1) is 18.3. The topological polar surface area (TPSA) is 48.0 Å². The predicted octanol–water partition coefficient (Wildman–Crippen LogP) is 3.13. The zero-order valence-electron chi connectivity index (χ0n) is 15.5. The molecular formula is C20H24N3O2S+. The summed E-state index contributed by atoms with van der Waals surface area (Å²) in [7, 11) is 3.54. The molecule has 6 heteroatoms. The van der Waals surface area contributed by atoms with Crippen LogP contribution in [0.4, 0.5) is 0 Å². The molecule has 3 rings (SSSR count). The molecule has 1 aliphatic heterocycles. The maximum atomic E-state index is 13.5. The van der Waals surface area contributed by atoms with E-state index < -0.39 is 0 Å². The molecular weight excluding hydrogens is 346 g/mol. The van der Waals surface area contributed by atoms with E-state index in [0.717, 1.165) is 35.0 Å². The Hall–Kier alpha value is -2.47. The number of ether oxygens (including phenoxy) is 1. The van der Waals surface area contributed by atoms with E-state index in [4.69, 9.17) is 4.74 Å². The quantitative estimate of drug-likeness (QED) is 0.600. The summed E-state index contributed by atoms with van der Waals surface area (Å²) in [6.45, 7) is 9.59. The molecule has 26 heavy (non-hydrogen) atoms. The second kappa shape index (κ2) is 7.41. The molecule has 0 spiro atoms.